The average molecular weight is 325 g/mol. The Morgan fingerprint density at radius 1 is 1.30 bits per heavy atom. The van der Waals surface area contributed by atoms with Crippen LogP contribution in [0.1, 0.15) is 23.3 Å². The van der Waals surface area contributed by atoms with E-state index in [2.05, 4.69) is 20.6 Å². The monoisotopic (exact) mass is 324 g/mol. The van der Waals surface area contributed by atoms with Gasteiger partial charge in [0.2, 0.25) is 4.80 Å². The van der Waals surface area contributed by atoms with Gasteiger partial charge in [-0.3, -0.25) is 4.99 Å². The van der Waals surface area contributed by atoms with E-state index in [-0.39, 0.29) is 0 Å². The summed E-state index contributed by atoms with van der Waals surface area (Å²) in [6.07, 6.45) is 4.87. The molecule has 0 atom stereocenters. The number of aromatic nitrogens is 1. The predicted molar refractivity (Wildman–Crippen MR) is 90.9 cm³/mol. The lowest BCUT2D eigenvalue weighted by Gasteiger charge is -2.12. The summed E-state index contributed by atoms with van der Waals surface area (Å²) < 4.78 is 0. The molecule has 2 heterocycles. The summed E-state index contributed by atoms with van der Waals surface area (Å²) in [5.74, 6) is 0. The molecule has 0 saturated heterocycles. The number of hydrogen-bond donors (Lipinski definition) is 2. The molecule has 0 aromatic carbocycles. The maximum Gasteiger partial charge on any atom is 0.207 e. The Labute approximate surface area is 131 Å². The number of anilines is 1. The van der Waals surface area contributed by atoms with Crippen LogP contribution in [0.15, 0.2) is 4.99 Å². The molecular weight excluding hydrogens is 308 g/mol. The number of hydrogen-bond acceptors (Lipinski definition) is 5. The molecular formula is C13H16N4S3. The molecule has 0 spiro atoms. The molecule has 1 aliphatic rings. The molecule has 20 heavy (non-hydrogen) atoms. The molecule has 0 saturated carbocycles. The van der Waals surface area contributed by atoms with Crippen LogP contribution >= 0.6 is 34.9 Å². The number of rotatable bonds is 1. The van der Waals surface area contributed by atoms with Gasteiger partial charge in [-0.15, -0.1) is 11.3 Å². The number of aryl methyl sites for hydroxylation is 2. The zero-order chi connectivity index (χ0) is 14.1. The first-order chi connectivity index (χ1) is 9.72. The van der Waals surface area contributed by atoms with Crippen molar-refractivity contribution in [2.45, 2.75) is 25.7 Å². The highest BCUT2D eigenvalue weighted by atomic mass is 32.1. The molecule has 0 bridgehead atoms. The van der Waals surface area contributed by atoms with Crippen LogP contribution in [0.3, 0.4) is 0 Å². The van der Waals surface area contributed by atoms with Crippen LogP contribution < -0.4 is 15.4 Å². The van der Waals surface area contributed by atoms with Crippen LogP contribution in [-0.4, -0.2) is 24.2 Å². The molecule has 106 valence electrons. The number of fused-ring (bicyclic) bond motifs is 3. The number of nitrogens with one attached hydrogen (secondary N) is 2. The number of thiocarbonyl (C=S) groups is 1. The highest BCUT2D eigenvalue weighted by Gasteiger charge is 2.20. The molecule has 2 aromatic heterocycles. The molecule has 0 unspecified atom stereocenters. The summed E-state index contributed by atoms with van der Waals surface area (Å²) in [6.45, 7) is 0. The second kappa shape index (κ2) is 5.75. The first-order valence-corrected chi connectivity index (χ1v) is 8.64. The fourth-order valence-electron chi connectivity index (χ4n) is 2.47. The number of nitrogens with zero attached hydrogens (tertiary/aromatic N) is 2. The van der Waals surface area contributed by atoms with Gasteiger partial charge >= 0.3 is 0 Å². The van der Waals surface area contributed by atoms with E-state index in [4.69, 9.17) is 12.2 Å². The summed E-state index contributed by atoms with van der Waals surface area (Å²) in [6, 6.07) is 0. The molecule has 0 aliphatic heterocycles. The molecule has 4 nitrogen and oxygen atoms in total. The van der Waals surface area contributed by atoms with E-state index in [1.54, 1.807) is 18.4 Å². The van der Waals surface area contributed by atoms with Gasteiger partial charge in [-0.25, -0.2) is 4.98 Å². The van der Waals surface area contributed by atoms with E-state index in [0.717, 1.165) is 21.1 Å². The average Bonchev–Trinajstić information content (AvgIpc) is 2.85. The predicted octanol–water partition coefficient (Wildman–Crippen LogP) is 2.68. The lowest BCUT2D eigenvalue weighted by Crippen LogP contribution is -2.24. The van der Waals surface area contributed by atoms with Gasteiger partial charge in [0, 0.05) is 24.4 Å². The van der Waals surface area contributed by atoms with Crippen LogP contribution in [0.2, 0.25) is 0 Å². The quantitative estimate of drug-likeness (QED) is 0.792. The Bertz CT molecular complexity index is 729. The van der Waals surface area contributed by atoms with E-state index >= 15 is 0 Å². The molecule has 2 N–H and O–H groups in total. The minimum absolute atomic E-state index is 0.631. The maximum atomic E-state index is 5.25. The van der Waals surface area contributed by atoms with Gasteiger partial charge in [-0.1, -0.05) is 11.3 Å². The van der Waals surface area contributed by atoms with Crippen molar-refractivity contribution < 1.29 is 0 Å². The molecule has 1 aliphatic carbocycles. The van der Waals surface area contributed by atoms with Crippen molar-refractivity contribution in [1.82, 2.24) is 10.3 Å². The van der Waals surface area contributed by atoms with Gasteiger partial charge < -0.3 is 10.6 Å². The maximum absolute atomic E-state index is 5.25. The molecule has 0 amide bonds. The Kier molecular flexibility index (Phi) is 4.00. The van der Waals surface area contributed by atoms with Gasteiger partial charge in [0.15, 0.2) is 5.11 Å². The van der Waals surface area contributed by atoms with E-state index in [0.29, 0.717) is 5.11 Å². The second-order valence-electron chi connectivity index (χ2n) is 4.64. The zero-order valence-corrected chi connectivity index (χ0v) is 13.9. The van der Waals surface area contributed by atoms with Crippen LogP contribution in [-0.2, 0) is 12.8 Å². The Hall–Kier alpha value is -1.05. The van der Waals surface area contributed by atoms with Crippen molar-refractivity contribution in [3.63, 3.8) is 0 Å². The van der Waals surface area contributed by atoms with Crippen LogP contribution in [0, 0.1) is 0 Å². The Morgan fingerprint density at radius 3 is 2.85 bits per heavy atom. The molecule has 7 heteroatoms. The van der Waals surface area contributed by atoms with E-state index < -0.39 is 0 Å². The van der Waals surface area contributed by atoms with Crippen molar-refractivity contribution in [3.8, 4) is 0 Å². The second-order valence-corrected chi connectivity index (χ2v) is 7.11. The summed E-state index contributed by atoms with van der Waals surface area (Å²) in [7, 11) is 3.60. The van der Waals surface area contributed by atoms with E-state index in [1.165, 1.54) is 35.1 Å². The minimum atomic E-state index is 0.631. The molecule has 0 radical (unpaired) electrons. The van der Waals surface area contributed by atoms with Crippen molar-refractivity contribution in [2.75, 3.05) is 19.4 Å². The molecule has 0 fully saturated rings. The van der Waals surface area contributed by atoms with Gasteiger partial charge in [0.25, 0.3) is 0 Å². The third-order valence-electron chi connectivity index (χ3n) is 3.42. The lowest BCUT2D eigenvalue weighted by atomic mass is 9.97. The third kappa shape index (κ3) is 2.45. The molecule has 2 aromatic rings. The van der Waals surface area contributed by atoms with Crippen LogP contribution in [0.5, 0.6) is 0 Å². The van der Waals surface area contributed by atoms with Crippen molar-refractivity contribution in [2.24, 2.45) is 4.99 Å². The van der Waals surface area contributed by atoms with Crippen molar-refractivity contribution >= 4 is 55.2 Å². The van der Waals surface area contributed by atoms with Gasteiger partial charge in [-0.05, 0) is 43.5 Å². The van der Waals surface area contributed by atoms with Gasteiger partial charge in [0.1, 0.15) is 9.83 Å². The van der Waals surface area contributed by atoms with E-state index in [9.17, 15) is 0 Å². The fraction of sp³-hybridized carbons (Fsp3) is 0.462. The third-order valence-corrected chi connectivity index (χ3v) is 5.87. The number of thiophene rings is 1. The highest BCUT2D eigenvalue weighted by Crippen LogP contribution is 2.39. The fourth-order valence-corrected chi connectivity index (χ4v) is 4.91. The zero-order valence-electron chi connectivity index (χ0n) is 11.4. The highest BCUT2D eigenvalue weighted by molar-refractivity contribution is 7.80. The first kappa shape index (κ1) is 13.9. The summed E-state index contributed by atoms with van der Waals surface area (Å²) in [5.41, 5.74) is 1.46. The van der Waals surface area contributed by atoms with Crippen molar-refractivity contribution in [3.05, 3.63) is 15.2 Å². The Balaban J connectivity index is 2.24. The van der Waals surface area contributed by atoms with Gasteiger partial charge in [0.05, 0.1) is 0 Å². The summed E-state index contributed by atoms with van der Waals surface area (Å²) in [4.78, 5) is 12.2. The standard InChI is InChI=1S/C13H16N4S3/c1-14-12(18)16-10-9-7-5-3-4-6-8(7)19-11(9)17-13(15-2)20-10/h3-6H2,1-2H3,(H2,14,16,18). The smallest absolute Gasteiger partial charge is 0.207 e. The SMILES string of the molecule is CN=c1nc2sc3c(c2c(NC(=S)NC)s1)CCCC3. The molecule has 3 rings (SSSR count). The van der Waals surface area contributed by atoms with Crippen LogP contribution in [0.25, 0.3) is 10.2 Å². The lowest BCUT2D eigenvalue weighted by molar-refractivity contribution is 0.700. The summed E-state index contributed by atoms with van der Waals surface area (Å²) >= 11 is 8.62. The topological polar surface area (TPSA) is 49.3 Å². The van der Waals surface area contributed by atoms with Crippen molar-refractivity contribution in [1.29, 1.82) is 0 Å². The largest absolute Gasteiger partial charge is 0.366 e. The van der Waals surface area contributed by atoms with E-state index in [1.807, 2.05) is 18.4 Å². The van der Waals surface area contributed by atoms with Gasteiger partial charge in [-0.2, -0.15) is 0 Å². The normalized spacial score (nSPS) is 15.2. The minimum Gasteiger partial charge on any atom is -0.366 e. The summed E-state index contributed by atoms with van der Waals surface area (Å²) in [5, 5.41) is 9.20. The van der Waals surface area contributed by atoms with Crippen LogP contribution in [0.4, 0.5) is 5.00 Å². The Morgan fingerprint density at radius 2 is 2.10 bits per heavy atom. The first-order valence-electron chi connectivity index (χ1n) is 6.60.